The Balaban J connectivity index is 1.58. The van der Waals surface area contributed by atoms with Crippen LogP contribution in [0.3, 0.4) is 0 Å². The lowest BCUT2D eigenvalue weighted by molar-refractivity contribution is -0.136. The van der Waals surface area contributed by atoms with E-state index in [-0.39, 0.29) is 11.9 Å². The molecule has 0 N–H and O–H groups in total. The summed E-state index contributed by atoms with van der Waals surface area (Å²) in [5, 5.41) is 0. The van der Waals surface area contributed by atoms with E-state index < -0.39 is 5.54 Å². The van der Waals surface area contributed by atoms with E-state index in [0.29, 0.717) is 32.0 Å². The number of hydrogen-bond donors (Lipinski definition) is 0. The Labute approximate surface area is 179 Å². The fourth-order valence-corrected chi connectivity index (χ4v) is 4.78. The highest BCUT2D eigenvalue weighted by Crippen LogP contribution is 2.38. The number of imide groups is 1. The zero-order valence-electron chi connectivity index (χ0n) is 18.0. The third-order valence-electron chi connectivity index (χ3n) is 6.63. The molecule has 0 atom stereocenters. The van der Waals surface area contributed by atoms with Crippen molar-refractivity contribution in [2.24, 2.45) is 0 Å². The summed E-state index contributed by atoms with van der Waals surface area (Å²) in [6.45, 7) is 6.98. The van der Waals surface area contributed by atoms with E-state index in [0.717, 1.165) is 25.1 Å². The van der Waals surface area contributed by atoms with Crippen LogP contribution in [0.4, 0.5) is 4.79 Å². The molecule has 0 radical (unpaired) electrons. The van der Waals surface area contributed by atoms with E-state index in [9.17, 15) is 9.59 Å². The highest BCUT2D eigenvalue weighted by Gasteiger charge is 2.57. The Kier molecular flexibility index (Phi) is 5.91. The van der Waals surface area contributed by atoms with Crippen LogP contribution < -0.4 is 0 Å². The van der Waals surface area contributed by atoms with Crippen LogP contribution >= 0.6 is 0 Å². The summed E-state index contributed by atoms with van der Waals surface area (Å²) in [6, 6.07) is 20.3. The minimum absolute atomic E-state index is 0.0205. The molecule has 2 heterocycles. The molecule has 2 saturated heterocycles. The van der Waals surface area contributed by atoms with Gasteiger partial charge in [0.25, 0.3) is 5.91 Å². The van der Waals surface area contributed by atoms with Crippen molar-refractivity contribution in [3.8, 4) is 0 Å². The van der Waals surface area contributed by atoms with E-state index in [1.807, 2.05) is 53.4 Å². The van der Waals surface area contributed by atoms with Gasteiger partial charge >= 0.3 is 6.03 Å². The van der Waals surface area contributed by atoms with Gasteiger partial charge in [0, 0.05) is 25.7 Å². The number of urea groups is 1. The van der Waals surface area contributed by atoms with Crippen molar-refractivity contribution in [3.63, 3.8) is 0 Å². The van der Waals surface area contributed by atoms with Crippen molar-refractivity contribution in [1.29, 1.82) is 0 Å². The molecule has 1 spiro atoms. The normalized spacial score (nSPS) is 19.3. The van der Waals surface area contributed by atoms with Gasteiger partial charge in [-0.3, -0.25) is 9.69 Å². The Morgan fingerprint density at radius 3 is 2.00 bits per heavy atom. The van der Waals surface area contributed by atoms with E-state index in [1.165, 1.54) is 10.5 Å². The summed E-state index contributed by atoms with van der Waals surface area (Å²) in [5.41, 5.74) is 1.47. The van der Waals surface area contributed by atoms with Crippen molar-refractivity contribution in [3.05, 3.63) is 71.8 Å². The second kappa shape index (κ2) is 8.60. The van der Waals surface area contributed by atoms with Crippen LogP contribution in [-0.4, -0.2) is 57.9 Å². The topological polar surface area (TPSA) is 43.9 Å². The van der Waals surface area contributed by atoms with Gasteiger partial charge in [0.2, 0.25) is 0 Å². The lowest BCUT2D eigenvalue weighted by Gasteiger charge is -2.43. The van der Waals surface area contributed by atoms with Gasteiger partial charge < -0.3 is 9.80 Å². The van der Waals surface area contributed by atoms with Gasteiger partial charge in [-0.15, -0.1) is 0 Å². The number of carbonyl (C=O) groups excluding carboxylic acids is 2. The van der Waals surface area contributed by atoms with Gasteiger partial charge in [-0.1, -0.05) is 60.7 Å². The molecule has 2 aliphatic heterocycles. The Morgan fingerprint density at radius 2 is 1.43 bits per heavy atom. The molecule has 0 unspecified atom stereocenters. The minimum Gasteiger partial charge on any atom is -0.309 e. The van der Waals surface area contributed by atoms with Gasteiger partial charge in [-0.25, -0.2) is 4.79 Å². The third-order valence-corrected chi connectivity index (χ3v) is 6.63. The van der Waals surface area contributed by atoms with E-state index in [2.05, 4.69) is 30.9 Å². The van der Waals surface area contributed by atoms with Gasteiger partial charge in [-0.2, -0.15) is 0 Å². The average molecular weight is 406 g/mol. The summed E-state index contributed by atoms with van der Waals surface area (Å²) in [4.78, 5) is 32.8. The second-order valence-electron chi connectivity index (χ2n) is 8.71. The van der Waals surface area contributed by atoms with Crippen LogP contribution in [0.15, 0.2) is 60.7 Å². The fourth-order valence-electron chi connectivity index (χ4n) is 4.78. The summed E-state index contributed by atoms with van der Waals surface area (Å²) in [6.07, 6.45) is 2.17. The molecule has 2 aromatic carbocycles. The first-order chi connectivity index (χ1) is 14.5. The van der Waals surface area contributed by atoms with Crippen molar-refractivity contribution in [2.75, 3.05) is 19.6 Å². The molecule has 30 heavy (non-hydrogen) atoms. The Hall–Kier alpha value is -2.66. The highest BCUT2D eigenvalue weighted by atomic mass is 16.2. The number of likely N-dealkylation sites (tertiary alicyclic amines) is 1. The maximum Gasteiger partial charge on any atom is 0.328 e. The fraction of sp³-hybridized carbons (Fsp3) is 0.440. The molecule has 158 valence electrons. The first-order valence-electron chi connectivity index (χ1n) is 11.0. The largest absolute Gasteiger partial charge is 0.328 e. The average Bonchev–Trinajstić information content (AvgIpc) is 2.95. The molecule has 0 saturated carbocycles. The molecule has 0 aliphatic carbocycles. The summed E-state index contributed by atoms with van der Waals surface area (Å²) in [5.74, 6) is -0.0205. The summed E-state index contributed by atoms with van der Waals surface area (Å²) in [7, 11) is 0. The zero-order valence-corrected chi connectivity index (χ0v) is 18.0. The molecule has 2 aliphatic rings. The molecule has 5 heteroatoms. The van der Waals surface area contributed by atoms with Crippen molar-refractivity contribution in [1.82, 2.24) is 14.7 Å². The van der Waals surface area contributed by atoms with E-state index >= 15 is 0 Å². The summed E-state index contributed by atoms with van der Waals surface area (Å²) < 4.78 is 0. The molecular formula is C25H31N3O2. The zero-order chi connectivity index (χ0) is 21.1. The molecule has 4 rings (SSSR count). The molecule has 2 aromatic rings. The van der Waals surface area contributed by atoms with Crippen molar-refractivity contribution < 1.29 is 9.59 Å². The van der Waals surface area contributed by atoms with E-state index in [4.69, 9.17) is 0 Å². The first-order valence-corrected chi connectivity index (χ1v) is 11.0. The van der Waals surface area contributed by atoms with Crippen molar-refractivity contribution in [2.45, 2.75) is 51.2 Å². The molecular weight excluding hydrogens is 374 g/mol. The molecule has 5 nitrogen and oxygen atoms in total. The van der Waals surface area contributed by atoms with Crippen LogP contribution in [0.25, 0.3) is 0 Å². The highest BCUT2D eigenvalue weighted by molar-refractivity contribution is 6.07. The molecule has 0 aromatic heterocycles. The van der Waals surface area contributed by atoms with E-state index in [1.54, 1.807) is 0 Å². The smallest absolute Gasteiger partial charge is 0.309 e. The number of benzene rings is 2. The number of hydrogen-bond acceptors (Lipinski definition) is 3. The quantitative estimate of drug-likeness (QED) is 0.684. The van der Waals surface area contributed by atoms with Gasteiger partial charge in [0.05, 0.1) is 6.54 Å². The first kappa shape index (κ1) is 20.6. The SMILES string of the molecule is CC(C)N1CCC2(CC1)C(=O)N(Cc1ccccc1)C(=O)N2CCc1ccccc1. The standard InChI is InChI=1S/C25H31N3O2/c1-20(2)26-17-14-25(15-18-26)23(29)27(19-22-11-7-4-8-12-22)24(30)28(25)16-13-21-9-5-3-6-10-21/h3-12,20H,13-19H2,1-2H3. The second-order valence-corrected chi connectivity index (χ2v) is 8.71. The Morgan fingerprint density at radius 1 is 0.867 bits per heavy atom. The van der Waals surface area contributed by atoms with Gasteiger partial charge in [0.15, 0.2) is 0 Å². The number of rotatable bonds is 6. The third kappa shape index (κ3) is 3.86. The molecule has 3 amide bonds. The number of nitrogens with zero attached hydrogens (tertiary/aromatic N) is 3. The summed E-state index contributed by atoms with van der Waals surface area (Å²) >= 11 is 0. The van der Waals surface area contributed by atoms with Crippen LogP contribution in [0.5, 0.6) is 0 Å². The van der Waals surface area contributed by atoms with Crippen LogP contribution in [0, 0.1) is 0 Å². The predicted octanol–water partition coefficient (Wildman–Crippen LogP) is 3.94. The van der Waals surface area contributed by atoms with Crippen LogP contribution in [-0.2, 0) is 17.8 Å². The number of piperidine rings is 1. The van der Waals surface area contributed by atoms with Gasteiger partial charge in [-0.05, 0) is 44.2 Å². The monoisotopic (exact) mass is 405 g/mol. The minimum atomic E-state index is -0.702. The maximum atomic E-state index is 13.6. The lowest BCUT2D eigenvalue weighted by atomic mass is 9.85. The predicted molar refractivity (Wildman–Crippen MR) is 118 cm³/mol. The van der Waals surface area contributed by atoms with Crippen molar-refractivity contribution >= 4 is 11.9 Å². The molecule has 0 bridgehead atoms. The number of carbonyl (C=O) groups is 2. The molecule has 2 fully saturated rings. The number of amides is 3. The van der Waals surface area contributed by atoms with Crippen LogP contribution in [0.2, 0.25) is 0 Å². The van der Waals surface area contributed by atoms with Gasteiger partial charge in [0.1, 0.15) is 5.54 Å². The Bertz CT molecular complexity index is 874. The maximum absolute atomic E-state index is 13.6. The lowest BCUT2D eigenvalue weighted by Crippen LogP contribution is -2.57. The van der Waals surface area contributed by atoms with Crippen LogP contribution in [0.1, 0.15) is 37.8 Å².